The number of carbonyl (C=O) groups excluding carboxylic acids is 8. The van der Waals surface area contributed by atoms with Crippen molar-refractivity contribution in [1.82, 2.24) is 30.4 Å². The van der Waals surface area contributed by atoms with Gasteiger partial charge in [-0.2, -0.15) is 0 Å². The van der Waals surface area contributed by atoms with Crippen LogP contribution in [0, 0.1) is 23.7 Å². The average molecular weight is 1030 g/mol. The van der Waals surface area contributed by atoms with Crippen LogP contribution < -0.4 is 10.6 Å². The first kappa shape index (κ1) is 60.8. The maximum Gasteiger partial charge on any atom is 0.333 e. The van der Waals surface area contributed by atoms with Crippen molar-refractivity contribution in [1.29, 1.82) is 0 Å². The van der Waals surface area contributed by atoms with E-state index in [2.05, 4.69) is 10.6 Å². The molecule has 18 nitrogen and oxygen atoms in total. The molecule has 2 fully saturated rings. The van der Waals surface area contributed by atoms with Crippen LogP contribution in [0.5, 0.6) is 0 Å². The van der Waals surface area contributed by atoms with Crippen molar-refractivity contribution < 1.29 is 57.4 Å². The van der Waals surface area contributed by atoms with Gasteiger partial charge in [-0.1, -0.05) is 122 Å². The first-order valence-electron chi connectivity index (χ1n) is 26.5. The summed E-state index contributed by atoms with van der Waals surface area (Å²) in [6.45, 7) is 14.4. The van der Waals surface area contributed by atoms with Gasteiger partial charge in [-0.3, -0.25) is 33.7 Å². The lowest BCUT2D eigenvalue weighted by molar-refractivity contribution is -0.197. The zero-order valence-corrected chi connectivity index (χ0v) is 45.7. The molecule has 2 saturated heterocycles. The van der Waals surface area contributed by atoms with Crippen molar-refractivity contribution in [3.05, 3.63) is 71.8 Å². The molecule has 2 aromatic rings. The molecule has 6 amide bonds. The quantitative estimate of drug-likeness (QED) is 0.0552. The molecular formula is C56H84N6O12. The Hall–Kier alpha value is -5.72. The van der Waals surface area contributed by atoms with E-state index >= 15 is 0 Å². The van der Waals surface area contributed by atoms with Gasteiger partial charge in [-0.15, -0.1) is 5.06 Å². The SMILES string of the molecule is CC[C@H](C)C([C@@H](CC(=O)N1CCC[C@H]1[C@H](OC)[C@@H](C)C(=O)N[C@@H](Cc1ccccc1)C(=O)OCc1ccccc1)OC)N(C)C(=O)[C@@H](NC(=O)[C@H](C(C)C)N(C)CCCCCC(=O)ON1C(=O)CCC1=O)C(C)C. The number of amides is 6. The Balaban J connectivity index is 1.41. The molecule has 4 rings (SSSR count). The highest BCUT2D eigenvalue weighted by Crippen LogP contribution is 2.30. The van der Waals surface area contributed by atoms with Crippen LogP contribution in [0.2, 0.25) is 0 Å². The minimum Gasteiger partial charge on any atom is -0.459 e. The number of methoxy groups -OCH3 is 2. The number of nitrogens with zero attached hydrogens (tertiary/aromatic N) is 4. The van der Waals surface area contributed by atoms with E-state index < -0.39 is 78.0 Å². The van der Waals surface area contributed by atoms with Gasteiger partial charge in [0.05, 0.1) is 42.7 Å². The number of hydrogen-bond donors (Lipinski definition) is 2. The van der Waals surface area contributed by atoms with Crippen molar-refractivity contribution in [2.24, 2.45) is 23.7 Å². The number of rotatable bonds is 30. The molecule has 74 heavy (non-hydrogen) atoms. The predicted octanol–water partition coefficient (Wildman–Crippen LogP) is 5.64. The molecule has 0 aliphatic carbocycles. The highest BCUT2D eigenvalue weighted by atomic mass is 16.7. The summed E-state index contributed by atoms with van der Waals surface area (Å²) >= 11 is 0. The van der Waals surface area contributed by atoms with E-state index in [0.29, 0.717) is 56.7 Å². The van der Waals surface area contributed by atoms with Gasteiger partial charge in [-0.05, 0) is 68.2 Å². The molecule has 9 atom stereocenters. The zero-order chi connectivity index (χ0) is 54.6. The maximum atomic E-state index is 14.7. The van der Waals surface area contributed by atoms with Gasteiger partial charge in [0, 0.05) is 53.5 Å². The molecule has 410 valence electrons. The Morgan fingerprint density at radius 2 is 1.39 bits per heavy atom. The Morgan fingerprint density at radius 3 is 1.96 bits per heavy atom. The van der Waals surface area contributed by atoms with Crippen molar-refractivity contribution in [2.45, 2.75) is 168 Å². The Bertz CT molecular complexity index is 2140. The van der Waals surface area contributed by atoms with Crippen LogP contribution in [0.15, 0.2) is 60.7 Å². The van der Waals surface area contributed by atoms with Crippen LogP contribution in [-0.4, -0.2) is 151 Å². The molecule has 2 aliphatic rings. The van der Waals surface area contributed by atoms with Crippen molar-refractivity contribution in [2.75, 3.05) is 41.4 Å². The average Bonchev–Trinajstić information content (AvgIpc) is 3.99. The summed E-state index contributed by atoms with van der Waals surface area (Å²) in [4.78, 5) is 117. The number of unbranched alkanes of at least 4 members (excludes halogenated alkanes) is 2. The van der Waals surface area contributed by atoms with E-state index in [1.807, 2.05) is 114 Å². The molecule has 0 spiro atoms. The normalized spacial score (nSPS) is 18.1. The molecule has 2 heterocycles. The van der Waals surface area contributed by atoms with Crippen LogP contribution in [0.25, 0.3) is 0 Å². The molecule has 0 bridgehead atoms. The van der Waals surface area contributed by atoms with Gasteiger partial charge >= 0.3 is 11.9 Å². The fourth-order valence-electron chi connectivity index (χ4n) is 10.2. The van der Waals surface area contributed by atoms with Crippen molar-refractivity contribution >= 4 is 47.4 Å². The lowest BCUT2D eigenvalue weighted by Gasteiger charge is -2.41. The summed E-state index contributed by atoms with van der Waals surface area (Å²) in [7, 11) is 6.60. The van der Waals surface area contributed by atoms with Gasteiger partial charge in [0.15, 0.2) is 0 Å². The second-order valence-electron chi connectivity index (χ2n) is 20.7. The Morgan fingerprint density at radius 1 is 0.770 bits per heavy atom. The first-order chi connectivity index (χ1) is 35.2. The fourth-order valence-corrected chi connectivity index (χ4v) is 10.2. The molecule has 0 saturated carbocycles. The third-order valence-corrected chi connectivity index (χ3v) is 14.6. The highest BCUT2D eigenvalue weighted by molar-refractivity contribution is 6.01. The summed E-state index contributed by atoms with van der Waals surface area (Å²) in [5, 5.41) is 6.57. The largest absolute Gasteiger partial charge is 0.459 e. The van der Waals surface area contributed by atoms with Crippen LogP contribution in [-0.2, 0) is 70.4 Å². The van der Waals surface area contributed by atoms with Gasteiger partial charge in [0.1, 0.15) is 18.7 Å². The van der Waals surface area contributed by atoms with Gasteiger partial charge in [0.25, 0.3) is 11.8 Å². The minimum absolute atomic E-state index is 0.0291. The third kappa shape index (κ3) is 17.2. The van der Waals surface area contributed by atoms with Crippen molar-refractivity contribution in [3.8, 4) is 0 Å². The Labute approximate surface area is 438 Å². The number of esters is 1. The van der Waals surface area contributed by atoms with Crippen LogP contribution in [0.3, 0.4) is 0 Å². The smallest absolute Gasteiger partial charge is 0.333 e. The molecular weight excluding hydrogens is 949 g/mol. The van der Waals surface area contributed by atoms with E-state index in [1.54, 1.807) is 23.8 Å². The van der Waals surface area contributed by atoms with Gasteiger partial charge < -0.3 is 39.5 Å². The standard InChI is InChI=1S/C56H84N6O12/c1-12-38(6)51(60(9)55(69)49(36(2)3)58-54(68)50(37(4)5)59(8)31-21-15-20-28-48(66)74-62-45(63)29-30-46(62)64)44(71-10)34-47(65)61-32-22-27-43(61)52(72-11)39(7)53(67)57-42(33-40-23-16-13-17-24-40)56(70)73-35-41-25-18-14-19-26-41/h13-14,16-19,23-26,36-39,42-44,49-52H,12,15,20-22,27-35H2,1-11H3,(H,57,67)(H,58,68)/t38-,39+,42-,43-,44+,49-,50-,51?,52+/m0/s1. The van der Waals surface area contributed by atoms with Crippen molar-refractivity contribution in [3.63, 3.8) is 0 Å². The summed E-state index contributed by atoms with van der Waals surface area (Å²) in [6.07, 6.45) is 2.54. The second-order valence-corrected chi connectivity index (χ2v) is 20.7. The van der Waals surface area contributed by atoms with E-state index in [-0.39, 0.29) is 74.2 Å². The molecule has 2 aromatic carbocycles. The Kier molecular flexibility index (Phi) is 24.7. The van der Waals surface area contributed by atoms with Crippen LogP contribution in [0.1, 0.15) is 124 Å². The second kappa shape index (κ2) is 30.0. The number of imide groups is 1. The van der Waals surface area contributed by atoms with E-state index in [9.17, 15) is 38.4 Å². The molecule has 1 unspecified atom stereocenters. The number of carbonyl (C=O) groups is 8. The van der Waals surface area contributed by atoms with Crippen LogP contribution >= 0.6 is 0 Å². The maximum absolute atomic E-state index is 14.7. The molecule has 2 aliphatic heterocycles. The lowest BCUT2D eigenvalue weighted by Crippen LogP contribution is -2.60. The topological polar surface area (TPSA) is 210 Å². The van der Waals surface area contributed by atoms with Gasteiger partial charge in [0.2, 0.25) is 23.6 Å². The number of likely N-dealkylation sites (tertiary alicyclic amines) is 1. The molecule has 0 aromatic heterocycles. The fraction of sp³-hybridized carbons (Fsp3) is 0.643. The number of hydrogen-bond acceptors (Lipinski definition) is 13. The van der Waals surface area contributed by atoms with E-state index in [1.165, 1.54) is 14.2 Å². The minimum atomic E-state index is -0.976. The first-order valence-corrected chi connectivity index (χ1v) is 26.5. The monoisotopic (exact) mass is 1030 g/mol. The molecule has 0 radical (unpaired) electrons. The number of nitrogens with one attached hydrogen (secondary N) is 2. The number of hydroxylamine groups is 2. The third-order valence-electron chi connectivity index (χ3n) is 14.6. The van der Waals surface area contributed by atoms with E-state index in [0.717, 1.165) is 11.1 Å². The molecule has 18 heteroatoms. The summed E-state index contributed by atoms with van der Waals surface area (Å²) in [5.74, 6) is -4.77. The van der Waals surface area contributed by atoms with Crippen LogP contribution in [0.4, 0.5) is 0 Å². The highest BCUT2D eigenvalue weighted by Gasteiger charge is 2.44. The van der Waals surface area contributed by atoms with E-state index in [4.69, 9.17) is 19.0 Å². The zero-order valence-electron chi connectivity index (χ0n) is 45.7. The number of ether oxygens (including phenoxy) is 3. The lowest BCUT2D eigenvalue weighted by atomic mass is 9.89. The van der Waals surface area contributed by atoms with Gasteiger partial charge in [-0.25, -0.2) is 9.59 Å². The molecule has 2 N–H and O–H groups in total. The number of benzene rings is 2. The predicted molar refractivity (Wildman–Crippen MR) is 278 cm³/mol. The summed E-state index contributed by atoms with van der Waals surface area (Å²) in [5.41, 5.74) is 1.67. The number of likely N-dealkylation sites (N-methyl/N-ethyl adjacent to an activating group) is 2. The summed E-state index contributed by atoms with van der Waals surface area (Å²) < 4.78 is 17.8. The summed E-state index contributed by atoms with van der Waals surface area (Å²) in [6, 6.07) is 15.3.